The molecule has 0 aliphatic carbocycles. The number of rotatable bonds is 5. The van der Waals surface area contributed by atoms with Crippen LogP contribution in [0.25, 0.3) is 0 Å². The number of hydrogen-bond acceptors (Lipinski definition) is 3. The number of aldehydes is 1. The maximum atomic E-state index is 9.62. The molecule has 8 heavy (non-hydrogen) atoms. The molecule has 0 fully saturated rings. The molecule has 0 saturated heterocycles. The molecule has 0 heterocycles. The van der Waals surface area contributed by atoms with Gasteiger partial charge in [-0.1, -0.05) is 0 Å². The molecule has 0 N–H and O–H groups in total. The summed E-state index contributed by atoms with van der Waals surface area (Å²) in [6, 6.07) is 0. The predicted octanol–water partition coefficient (Wildman–Crippen LogP) is 0.139. The van der Waals surface area contributed by atoms with Crippen molar-refractivity contribution in [1.82, 2.24) is 0 Å². The van der Waals surface area contributed by atoms with E-state index in [1.807, 2.05) is 0 Å². The van der Waals surface area contributed by atoms with Crippen LogP contribution in [-0.2, 0) is 14.3 Å². The SMILES string of the molecule is O=CCCCOC=O. The molecule has 0 spiro atoms. The second kappa shape index (κ2) is 6.14. The van der Waals surface area contributed by atoms with Crippen LogP contribution in [0.1, 0.15) is 12.8 Å². The average molecular weight is 116 g/mol. The highest BCUT2D eigenvalue weighted by molar-refractivity contribution is 5.49. The topological polar surface area (TPSA) is 43.4 Å². The Bertz CT molecular complexity index is 60.1. The minimum atomic E-state index is 0.349. The van der Waals surface area contributed by atoms with E-state index in [4.69, 9.17) is 0 Å². The van der Waals surface area contributed by atoms with Crippen molar-refractivity contribution >= 4 is 12.8 Å². The first kappa shape index (κ1) is 7.14. The molecule has 0 amide bonds. The van der Waals surface area contributed by atoms with Crippen molar-refractivity contribution in [3.05, 3.63) is 0 Å². The Morgan fingerprint density at radius 3 is 2.62 bits per heavy atom. The molecule has 3 nitrogen and oxygen atoms in total. The van der Waals surface area contributed by atoms with Crippen LogP contribution in [0.2, 0.25) is 0 Å². The smallest absolute Gasteiger partial charge is 0.293 e. The lowest BCUT2D eigenvalue weighted by molar-refractivity contribution is -0.129. The molecule has 0 radical (unpaired) electrons. The molecule has 0 atom stereocenters. The van der Waals surface area contributed by atoms with Crippen LogP contribution < -0.4 is 0 Å². The van der Waals surface area contributed by atoms with Gasteiger partial charge in [-0.25, -0.2) is 0 Å². The predicted molar refractivity (Wildman–Crippen MR) is 27.3 cm³/mol. The lowest BCUT2D eigenvalue weighted by atomic mass is 10.4. The summed E-state index contributed by atoms with van der Waals surface area (Å²) >= 11 is 0. The van der Waals surface area contributed by atoms with Gasteiger partial charge in [0.25, 0.3) is 6.47 Å². The highest BCUT2D eigenvalue weighted by Gasteiger charge is 1.82. The normalized spacial score (nSPS) is 8.00. The Kier molecular flexibility index (Phi) is 5.48. The Balaban J connectivity index is 2.71. The summed E-state index contributed by atoms with van der Waals surface area (Å²) in [6.07, 6.45) is 1.89. The van der Waals surface area contributed by atoms with Crippen molar-refractivity contribution in [2.24, 2.45) is 0 Å². The molecule has 0 aromatic carbocycles. The monoisotopic (exact) mass is 116 g/mol. The van der Waals surface area contributed by atoms with Gasteiger partial charge in [-0.2, -0.15) is 0 Å². The second-order valence-electron chi connectivity index (χ2n) is 1.28. The zero-order valence-electron chi connectivity index (χ0n) is 4.50. The van der Waals surface area contributed by atoms with Gasteiger partial charge < -0.3 is 9.53 Å². The maximum Gasteiger partial charge on any atom is 0.293 e. The molecular weight excluding hydrogens is 108 g/mol. The van der Waals surface area contributed by atoms with E-state index in [0.29, 0.717) is 25.9 Å². The first-order valence-corrected chi connectivity index (χ1v) is 2.40. The Hall–Kier alpha value is -0.860. The van der Waals surface area contributed by atoms with Crippen LogP contribution >= 0.6 is 0 Å². The van der Waals surface area contributed by atoms with Crippen molar-refractivity contribution in [3.8, 4) is 0 Å². The summed E-state index contributed by atoms with van der Waals surface area (Å²) in [7, 11) is 0. The Morgan fingerprint density at radius 2 is 2.12 bits per heavy atom. The lowest BCUT2D eigenvalue weighted by Gasteiger charge is -1.90. The molecule has 46 valence electrons. The summed E-state index contributed by atoms with van der Waals surface area (Å²) in [5, 5.41) is 0. The van der Waals surface area contributed by atoms with Gasteiger partial charge in [0.15, 0.2) is 0 Å². The van der Waals surface area contributed by atoms with E-state index in [9.17, 15) is 9.59 Å². The lowest BCUT2D eigenvalue weighted by Crippen LogP contribution is -1.90. The minimum Gasteiger partial charge on any atom is -0.468 e. The van der Waals surface area contributed by atoms with E-state index < -0.39 is 0 Å². The van der Waals surface area contributed by atoms with Crippen molar-refractivity contribution in [2.75, 3.05) is 6.61 Å². The summed E-state index contributed by atoms with van der Waals surface area (Å²) in [4.78, 5) is 19.1. The van der Waals surface area contributed by atoms with E-state index in [-0.39, 0.29) is 0 Å². The van der Waals surface area contributed by atoms with Gasteiger partial charge in [-0.3, -0.25) is 4.79 Å². The first-order valence-electron chi connectivity index (χ1n) is 2.40. The fourth-order valence-electron chi connectivity index (χ4n) is 0.298. The van der Waals surface area contributed by atoms with Crippen molar-refractivity contribution in [1.29, 1.82) is 0 Å². The average Bonchev–Trinajstić information content (AvgIpc) is 1.81. The van der Waals surface area contributed by atoms with Crippen molar-refractivity contribution in [2.45, 2.75) is 12.8 Å². The van der Waals surface area contributed by atoms with Crippen LogP contribution in [0.4, 0.5) is 0 Å². The molecule has 0 aliphatic rings. The largest absolute Gasteiger partial charge is 0.468 e. The van der Waals surface area contributed by atoms with E-state index >= 15 is 0 Å². The van der Waals surface area contributed by atoms with E-state index in [2.05, 4.69) is 4.74 Å². The van der Waals surface area contributed by atoms with Gasteiger partial charge in [0, 0.05) is 6.42 Å². The van der Waals surface area contributed by atoms with E-state index in [1.165, 1.54) is 0 Å². The number of unbranched alkanes of at least 4 members (excludes halogenated alkanes) is 1. The molecule has 0 aromatic heterocycles. The summed E-state index contributed by atoms with van der Waals surface area (Å²) in [5.41, 5.74) is 0. The highest BCUT2D eigenvalue weighted by Crippen LogP contribution is 1.82. The first-order chi connectivity index (χ1) is 3.91. The standard InChI is InChI=1S/C5H8O3/c6-3-1-2-4-8-5-7/h3,5H,1-2,4H2. The van der Waals surface area contributed by atoms with Crippen LogP contribution in [0.5, 0.6) is 0 Å². The zero-order chi connectivity index (χ0) is 6.24. The summed E-state index contributed by atoms with van der Waals surface area (Å²) in [6.45, 7) is 0.729. The molecular formula is C5H8O3. The van der Waals surface area contributed by atoms with Gasteiger partial charge in [0.05, 0.1) is 6.61 Å². The third kappa shape index (κ3) is 5.14. The van der Waals surface area contributed by atoms with Crippen LogP contribution in [0.3, 0.4) is 0 Å². The van der Waals surface area contributed by atoms with Gasteiger partial charge in [0.2, 0.25) is 0 Å². The second-order valence-corrected chi connectivity index (χ2v) is 1.28. The molecule has 0 unspecified atom stereocenters. The molecule has 3 heteroatoms. The Morgan fingerprint density at radius 1 is 1.38 bits per heavy atom. The number of carbonyl (C=O) groups is 2. The summed E-state index contributed by atoms with van der Waals surface area (Å²) in [5.74, 6) is 0. The van der Waals surface area contributed by atoms with E-state index in [0.717, 1.165) is 6.29 Å². The zero-order valence-corrected chi connectivity index (χ0v) is 4.50. The van der Waals surface area contributed by atoms with Gasteiger partial charge in [-0.05, 0) is 6.42 Å². The Labute approximate surface area is 47.6 Å². The van der Waals surface area contributed by atoms with Gasteiger partial charge in [0.1, 0.15) is 6.29 Å². The number of hydrogen-bond donors (Lipinski definition) is 0. The third-order valence-corrected chi connectivity index (χ3v) is 0.652. The molecule has 0 aliphatic heterocycles. The van der Waals surface area contributed by atoms with Crippen LogP contribution in [0, 0.1) is 0 Å². The minimum absolute atomic E-state index is 0.349. The van der Waals surface area contributed by atoms with Crippen LogP contribution in [-0.4, -0.2) is 19.4 Å². The number of ether oxygens (including phenoxy) is 1. The number of carbonyl (C=O) groups excluding carboxylic acids is 2. The fourth-order valence-corrected chi connectivity index (χ4v) is 0.298. The molecule has 0 aromatic rings. The highest BCUT2D eigenvalue weighted by atomic mass is 16.5. The van der Waals surface area contributed by atoms with Gasteiger partial charge >= 0.3 is 0 Å². The molecule has 0 saturated carbocycles. The maximum absolute atomic E-state index is 9.62. The molecule has 0 rings (SSSR count). The van der Waals surface area contributed by atoms with Crippen molar-refractivity contribution < 1.29 is 14.3 Å². The molecule has 0 bridgehead atoms. The third-order valence-electron chi connectivity index (χ3n) is 0.652. The van der Waals surface area contributed by atoms with Crippen molar-refractivity contribution in [3.63, 3.8) is 0 Å². The van der Waals surface area contributed by atoms with Gasteiger partial charge in [-0.15, -0.1) is 0 Å². The quantitative estimate of drug-likeness (QED) is 0.379. The van der Waals surface area contributed by atoms with Crippen LogP contribution in [0.15, 0.2) is 0 Å². The summed E-state index contributed by atoms with van der Waals surface area (Å²) < 4.78 is 4.30. The fraction of sp³-hybridized carbons (Fsp3) is 0.600. The van der Waals surface area contributed by atoms with E-state index in [1.54, 1.807) is 0 Å².